The molecule has 0 fully saturated rings. The molecule has 0 aliphatic rings. The summed E-state index contributed by atoms with van der Waals surface area (Å²) in [7, 11) is 7.18. The van der Waals surface area contributed by atoms with Crippen molar-refractivity contribution >= 4 is 35.9 Å². The van der Waals surface area contributed by atoms with Crippen LogP contribution in [0.3, 0.4) is 0 Å². The van der Waals surface area contributed by atoms with Crippen molar-refractivity contribution < 1.29 is 14.4 Å². The Bertz CT molecular complexity index is 566. The summed E-state index contributed by atoms with van der Waals surface area (Å²) in [6, 6.07) is -1.51. The highest BCUT2D eigenvalue weighted by Crippen LogP contribution is 2.15. The van der Waals surface area contributed by atoms with Gasteiger partial charge in [-0.1, -0.05) is 0 Å². The lowest BCUT2D eigenvalue weighted by atomic mass is 10.6. The maximum absolute atomic E-state index is 11.7. The number of aromatic nitrogens is 3. The maximum atomic E-state index is 11.7. The van der Waals surface area contributed by atoms with Crippen LogP contribution >= 0.6 is 0 Å². The van der Waals surface area contributed by atoms with Gasteiger partial charge in [-0.2, -0.15) is 15.0 Å². The number of nitrogens with one attached hydrogen (secondary N) is 4. The molecular formula is C11H19N9O3. The summed E-state index contributed by atoms with van der Waals surface area (Å²) in [6.07, 6.45) is 0. The molecule has 23 heavy (non-hydrogen) atoms. The molecule has 0 bridgehead atoms. The van der Waals surface area contributed by atoms with Gasteiger partial charge in [-0.3, -0.25) is 15.1 Å². The number of hydrogen-bond donors (Lipinski definition) is 4. The normalized spacial score (nSPS) is 9.61. The Balaban J connectivity index is 3.29. The molecule has 1 aromatic heterocycles. The van der Waals surface area contributed by atoms with Crippen molar-refractivity contribution in [3.63, 3.8) is 0 Å². The largest absolute Gasteiger partial charge is 0.341 e. The van der Waals surface area contributed by atoms with E-state index in [0.717, 1.165) is 9.80 Å². The molecule has 0 saturated heterocycles. The third-order valence-corrected chi connectivity index (χ3v) is 2.70. The molecule has 1 rings (SSSR count). The van der Waals surface area contributed by atoms with Gasteiger partial charge in [0.25, 0.3) is 0 Å². The first-order chi connectivity index (χ1) is 10.8. The Labute approximate surface area is 132 Å². The van der Waals surface area contributed by atoms with E-state index >= 15 is 0 Å². The van der Waals surface area contributed by atoms with Crippen molar-refractivity contribution in [2.75, 3.05) is 50.4 Å². The average molecular weight is 325 g/mol. The smallest absolute Gasteiger partial charge is 0.323 e. The van der Waals surface area contributed by atoms with E-state index in [2.05, 4.69) is 36.2 Å². The number of anilines is 3. The van der Waals surface area contributed by atoms with Crippen LogP contribution in [0, 0.1) is 0 Å². The van der Waals surface area contributed by atoms with Crippen LogP contribution in [-0.2, 0) is 0 Å². The predicted molar refractivity (Wildman–Crippen MR) is 83.6 cm³/mol. The maximum Gasteiger partial charge on any atom is 0.323 e. The Morgan fingerprint density at radius 1 is 0.783 bits per heavy atom. The number of urea groups is 3. The first-order valence-electron chi connectivity index (χ1n) is 6.49. The van der Waals surface area contributed by atoms with Crippen molar-refractivity contribution in [3.05, 3.63) is 0 Å². The van der Waals surface area contributed by atoms with Gasteiger partial charge in [0.15, 0.2) is 0 Å². The van der Waals surface area contributed by atoms with Crippen LogP contribution < -0.4 is 31.1 Å². The summed E-state index contributed by atoms with van der Waals surface area (Å²) in [5, 5.41) is 9.53. The minimum Gasteiger partial charge on any atom is -0.341 e. The molecule has 0 spiro atoms. The van der Waals surface area contributed by atoms with Crippen LogP contribution in [0.4, 0.5) is 32.2 Å². The zero-order valence-electron chi connectivity index (χ0n) is 13.5. The second-order valence-corrected chi connectivity index (χ2v) is 4.19. The number of nitrogens with zero attached hydrogens (tertiary/aromatic N) is 5. The van der Waals surface area contributed by atoms with Gasteiger partial charge in [-0.05, 0) is 0 Å². The zero-order valence-corrected chi connectivity index (χ0v) is 13.5. The third-order valence-electron chi connectivity index (χ3n) is 2.70. The summed E-state index contributed by atoms with van der Waals surface area (Å²) < 4.78 is 0. The van der Waals surface area contributed by atoms with Gasteiger partial charge in [-0.25, -0.2) is 14.4 Å². The van der Waals surface area contributed by atoms with Crippen LogP contribution in [0.25, 0.3) is 0 Å². The minimum absolute atomic E-state index is 0.0449. The van der Waals surface area contributed by atoms with E-state index in [1.165, 1.54) is 35.2 Å². The molecule has 12 nitrogen and oxygen atoms in total. The van der Waals surface area contributed by atoms with E-state index in [4.69, 9.17) is 0 Å². The van der Waals surface area contributed by atoms with Crippen molar-refractivity contribution in [1.82, 2.24) is 30.9 Å². The van der Waals surface area contributed by atoms with Gasteiger partial charge in [0.05, 0.1) is 0 Å². The average Bonchev–Trinajstić information content (AvgIpc) is 2.58. The molecular weight excluding hydrogens is 306 g/mol. The van der Waals surface area contributed by atoms with E-state index in [-0.39, 0.29) is 17.8 Å². The van der Waals surface area contributed by atoms with Crippen LogP contribution in [0.5, 0.6) is 0 Å². The predicted octanol–water partition coefficient (Wildman–Crippen LogP) is -0.826. The van der Waals surface area contributed by atoms with Gasteiger partial charge in [0.2, 0.25) is 17.8 Å². The number of amides is 6. The summed E-state index contributed by atoms with van der Waals surface area (Å²) in [5.41, 5.74) is 0. The van der Waals surface area contributed by atoms with Crippen LogP contribution in [0.15, 0.2) is 0 Å². The lowest BCUT2D eigenvalue weighted by molar-refractivity contribution is 0.248. The highest BCUT2D eigenvalue weighted by molar-refractivity contribution is 5.92. The lowest BCUT2D eigenvalue weighted by Crippen LogP contribution is -2.39. The summed E-state index contributed by atoms with van der Waals surface area (Å²) in [5.74, 6) is -0.205. The molecule has 0 saturated carbocycles. The quantitative estimate of drug-likeness (QED) is 0.571. The summed E-state index contributed by atoms with van der Waals surface area (Å²) in [6.45, 7) is 0. The molecule has 1 aromatic rings. The van der Waals surface area contributed by atoms with Crippen LogP contribution in [0.2, 0.25) is 0 Å². The minimum atomic E-state index is -0.557. The Hall–Kier alpha value is -3.18. The number of carbonyl (C=O) groups excluding carboxylic acids is 3. The van der Waals surface area contributed by atoms with E-state index in [1.807, 2.05) is 0 Å². The molecule has 0 aromatic carbocycles. The standard InChI is InChI=1S/C11H19N9O3/c1-12-9(21)17-6-15-7(19(4)10(22)13-2)18-8(16-6)20(5)11(23)14-3/h1-5H3,(H,13,22)(H,14,23)(H2,12,15,16,17,18,21). The molecule has 6 amide bonds. The van der Waals surface area contributed by atoms with E-state index in [0.29, 0.717) is 0 Å². The fourth-order valence-corrected chi connectivity index (χ4v) is 1.39. The van der Waals surface area contributed by atoms with Gasteiger partial charge in [0.1, 0.15) is 0 Å². The monoisotopic (exact) mass is 325 g/mol. The van der Waals surface area contributed by atoms with E-state index < -0.39 is 18.1 Å². The van der Waals surface area contributed by atoms with Gasteiger partial charge in [-0.15, -0.1) is 0 Å². The van der Waals surface area contributed by atoms with Gasteiger partial charge in [0, 0.05) is 35.2 Å². The summed E-state index contributed by atoms with van der Waals surface area (Å²) >= 11 is 0. The first kappa shape index (κ1) is 17.9. The molecule has 0 atom stereocenters. The second-order valence-electron chi connectivity index (χ2n) is 4.19. The van der Waals surface area contributed by atoms with Crippen molar-refractivity contribution in [3.8, 4) is 0 Å². The zero-order chi connectivity index (χ0) is 17.6. The summed E-state index contributed by atoms with van der Waals surface area (Å²) in [4.78, 5) is 49.0. The Morgan fingerprint density at radius 2 is 1.22 bits per heavy atom. The number of rotatable bonds is 3. The van der Waals surface area contributed by atoms with Crippen molar-refractivity contribution in [2.24, 2.45) is 0 Å². The lowest BCUT2D eigenvalue weighted by Gasteiger charge is -2.19. The topological polar surface area (TPSA) is 144 Å². The highest BCUT2D eigenvalue weighted by Gasteiger charge is 2.20. The molecule has 0 radical (unpaired) electrons. The molecule has 0 aliphatic carbocycles. The molecule has 1 heterocycles. The SMILES string of the molecule is CNC(=O)Nc1nc(N(C)C(=O)NC)nc(N(C)C(=O)NC)n1. The number of carbonyl (C=O) groups is 3. The second kappa shape index (κ2) is 7.72. The molecule has 4 N–H and O–H groups in total. The number of hydrogen-bond acceptors (Lipinski definition) is 6. The fourth-order valence-electron chi connectivity index (χ4n) is 1.39. The van der Waals surface area contributed by atoms with Gasteiger partial charge >= 0.3 is 18.1 Å². The fraction of sp³-hybridized carbons (Fsp3) is 0.455. The molecule has 0 aliphatic heterocycles. The molecule has 0 unspecified atom stereocenters. The molecule has 12 heteroatoms. The van der Waals surface area contributed by atoms with Crippen molar-refractivity contribution in [1.29, 1.82) is 0 Å². The Kier molecular flexibility index (Phi) is 6.00. The van der Waals surface area contributed by atoms with Crippen LogP contribution in [0.1, 0.15) is 0 Å². The Morgan fingerprint density at radius 3 is 1.57 bits per heavy atom. The van der Waals surface area contributed by atoms with E-state index in [1.54, 1.807) is 0 Å². The highest BCUT2D eigenvalue weighted by atomic mass is 16.2. The molecule has 126 valence electrons. The van der Waals surface area contributed by atoms with Gasteiger partial charge < -0.3 is 16.0 Å². The first-order valence-corrected chi connectivity index (χ1v) is 6.49. The third kappa shape index (κ3) is 4.39. The van der Waals surface area contributed by atoms with E-state index in [9.17, 15) is 14.4 Å². The van der Waals surface area contributed by atoms with Crippen molar-refractivity contribution in [2.45, 2.75) is 0 Å². The van der Waals surface area contributed by atoms with Crippen LogP contribution in [-0.4, -0.2) is 68.3 Å².